The van der Waals surface area contributed by atoms with Gasteiger partial charge in [0.1, 0.15) is 0 Å². The highest BCUT2D eigenvalue weighted by molar-refractivity contribution is 6.08. The summed E-state index contributed by atoms with van der Waals surface area (Å²) in [6.07, 6.45) is 0. The van der Waals surface area contributed by atoms with Crippen LogP contribution >= 0.6 is 0 Å². The van der Waals surface area contributed by atoms with E-state index in [9.17, 15) is 10.2 Å². The Morgan fingerprint density at radius 3 is 1.05 bits per heavy atom. The minimum absolute atomic E-state index is 0.132. The average Bonchev–Trinajstić information content (AvgIpc) is 3.00. The molecule has 0 aliphatic rings. The van der Waals surface area contributed by atoms with Gasteiger partial charge in [-0.15, -0.1) is 0 Å². The first-order valence-electron chi connectivity index (χ1n) is 12.7. The second-order valence-corrected chi connectivity index (χ2v) is 9.21. The van der Waals surface area contributed by atoms with E-state index < -0.39 is 0 Å². The van der Waals surface area contributed by atoms with Crippen LogP contribution in [0.25, 0.3) is 55.6 Å². The Morgan fingerprint density at radius 1 is 0.263 bits per heavy atom. The molecule has 0 saturated carbocycles. The molecular weight excluding hydrogens is 464 g/mol. The van der Waals surface area contributed by atoms with Crippen molar-refractivity contribution < 1.29 is 10.2 Å². The first-order chi connectivity index (χ1) is 18.7. The Kier molecular flexibility index (Phi) is 6.21. The number of aromatic hydroxyl groups is 2. The largest absolute Gasteiger partial charge is 0.504 e. The zero-order valence-electron chi connectivity index (χ0n) is 20.8. The number of hydrogen-bond donors (Lipinski definition) is 2. The first kappa shape index (κ1) is 23.3. The summed E-state index contributed by atoms with van der Waals surface area (Å²) >= 11 is 0. The van der Waals surface area contributed by atoms with Gasteiger partial charge in [-0.2, -0.15) is 0 Å². The Morgan fingerprint density at radius 2 is 0.579 bits per heavy atom. The van der Waals surface area contributed by atoms with Crippen molar-refractivity contribution >= 4 is 0 Å². The lowest BCUT2D eigenvalue weighted by Crippen LogP contribution is -1.97. The van der Waals surface area contributed by atoms with E-state index in [1.54, 1.807) is 0 Å². The maximum Gasteiger partial charge on any atom is 0.166 e. The van der Waals surface area contributed by atoms with Crippen LogP contribution in [0.15, 0.2) is 146 Å². The van der Waals surface area contributed by atoms with Crippen LogP contribution < -0.4 is 0 Å². The maximum atomic E-state index is 11.8. The van der Waals surface area contributed by atoms with Crippen molar-refractivity contribution in [1.29, 1.82) is 0 Å². The van der Waals surface area contributed by atoms with Crippen molar-refractivity contribution in [1.82, 2.24) is 0 Å². The van der Waals surface area contributed by atoms with Crippen LogP contribution in [0.5, 0.6) is 11.5 Å². The standard InChI is InChI=1S/C36H26O2/c37-35-33(28-21-11-4-12-22-28)31(26-17-7-2-8-18-26)32(27-19-9-3-10-20-27)34(36(35)38)30-24-14-13-23-29(30)25-15-5-1-6-16-25/h1-24,37-38H. The molecule has 0 radical (unpaired) electrons. The molecule has 0 unspecified atom stereocenters. The van der Waals surface area contributed by atoms with Gasteiger partial charge >= 0.3 is 0 Å². The SMILES string of the molecule is Oc1c(O)c(-c2ccccc2-c2ccccc2)c(-c2ccccc2)c(-c2ccccc2)c1-c1ccccc1. The topological polar surface area (TPSA) is 40.5 Å². The van der Waals surface area contributed by atoms with E-state index in [4.69, 9.17) is 0 Å². The summed E-state index contributed by atoms with van der Waals surface area (Å²) in [5, 5.41) is 23.5. The van der Waals surface area contributed by atoms with E-state index in [0.717, 1.165) is 44.5 Å². The van der Waals surface area contributed by atoms with Crippen molar-refractivity contribution in [2.75, 3.05) is 0 Å². The molecule has 6 rings (SSSR count). The molecule has 6 aromatic carbocycles. The minimum atomic E-state index is -0.134. The molecule has 0 aliphatic heterocycles. The molecular formula is C36H26O2. The molecule has 182 valence electrons. The third-order valence-corrected chi connectivity index (χ3v) is 6.92. The van der Waals surface area contributed by atoms with Crippen LogP contribution in [0.2, 0.25) is 0 Å². The minimum Gasteiger partial charge on any atom is -0.504 e. The van der Waals surface area contributed by atoms with Crippen molar-refractivity contribution in [3.05, 3.63) is 146 Å². The molecule has 0 amide bonds. The van der Waals surface area contributed by atoms with Gasteiger partial charge in [0, 0.05) is 22.3 Å². The van der Waals surface area contributed by atoms with Crippen LogP contribution in [-0.2, 0) is 0 Å². The first-order valence-corrected chi connectivity index (χ1v) is 12.7. The van der Waals surface area contributed by atoms with E-state index >= 15 is 0 Å². The van der Waals surface area contributed by atoms with Gasteiger partial charge in [-0.05, 0) is 33.4 Å². The molecule has 0 heterocycles. The fraction of sp³-hybridized carbons (Fsp3) is 0. The molecule has 2 N–H and O–H groups in total. The van der Waals surface area contributed by atoms with Crippen LogP contribution in [0.1, 0.15) is 0 Å². The lowest BCUT2D eigenvalue weighted by molar-refractivity contribution is 0.407. The third-order valence-electron chi connectivity index (χ3n) is 6.92. The number of phenolic OH excluding ortho intramolecular Hbond substituents is 2. The molecule has 2 heteroatoms. The fourth-order valence-electron chi connectivity index (χ4n) is 5.23. The van der Waals surface area contributed by atoms with Gasteiger partial charge in [0.25, 0.3) is 0 Å². The quantitative estimate of drug-likeness (QED) is 0.236. The predicted molar refractivity (Wildman–Crippen MR) is 157 cm³/mol. The zero-order valence-corrected chi connectivity index (χ0v) is 20.8. The molecule has 0 aliphatic carbocycles. The van der Waals surface area contributed by atoms with Gasteiger partial charge in [0.05, 0.1) is 0 Å². The fourth-order valence-corrected chi connectivity index (χ4v) is 5.23. The van der Waals surface area contributed by atoms with Gasteiger partial charge < -0.3 is 10.2 Å². The van der Waals surface area contributed by atoms with Crippen molar-refractivity contribution in [3.8, 4) is 67.1 Å². The summed E-state index contributed by atoms with van der Waals surface area (Å²) in [4.78, 5) is 0. The second kappa shape index (κ2) is 10.1. The molecule has 0 spiro atoms. The lowest BCUT2D eigenvalue weighted by atomic mass is 9.80. The molecule has 0 fully saturated rings. The van der Waals surface area contributed by atoms with Crippen LogP contribution in [0.4, 0.5) is 0 Å². The van der Waals surface area contributed by atoms with Crippen molar-refractivity contribution in [2.45, 2.75) is 0 Å². The van der Waals surface area contributed by atoms with Gasteiger partial charge in [-0.1, -0.05) is 146 Å². The van der Waals surface area contributed by atoms with Crippen LogP contribution in [0.3, 0.4) is 0 Å². The smallest absolute Gasteiger partial charge is 0.166 e. The summed E-state index contributed by atoms with van der Waals surface area (Å²) in [5.74, 6) is -0.265. The van der Waals surface area contributed by atoms with E-state index in [0.29, 0.717) is 11.1 Å². The Bertz CT molecular complexity index is 1690. The maximum absolute atomic E-state index is 11.8. The van der Waals surface area contributed by atoms with E-state index in [-0.39, 0.29) is 11.5 Å². The molecule has 0 bridgehead atoms. The molecule has 0 atom stereocenters. The molecule has 2 nitrogen and oxygen atoms in total. The van der Waals surface area contributed by atoms with Gasteiger partial charge in [0.15, 0.2) is 11.5 Å². The number of benzene rings is 6. The predicted octanol–water partition coefficient (Wildman–Crippen LogP) is 9.43. The highest BCUT2D eigenvalue weighted by Crippen LogP contribution is 2.56. The van der Waals surface area contributed by atoms with Crippen LogP contribution in [-0.4, -0.2) is 10.2 Å². The van der Waals surface area contributed by atoms with E-state index in [1.165, 1.54) is 0 Å². The van der Waals surface area contributed by atoms with Crippen LogP contribution in [0, 0.1) is 0 Å². The van der Waals surface area contributed by atoms with Crippen molar-refractivity contribution in [2.24, 2.45) is 0 Å². The van der Waals surface area contributed by atoms with Crippen molar-refractivity contribution in [3.63, 3.8) is 0 Å². The Balaban J connectivity index is 1.81. The normalized spacial score (nSPS) is 10.8. The highest BCUT2D eigenvalue weighted by atomic mass is 16.3. The number of rotatable bonds is 5. The Labute approximate surface area is 222 Å². The third kappa shape index (κ3) is 4.12. The molecule has 6 aromatic rings. The van der Waals surface area contributed by atoms with Gasteiger partial charge in [-0.25, -0.2) is 0 Å². The summed E-state index contributed by atoms with van der Waals surface area (Å²) in [6.45, 7) is 0. The lowest BCUT2D eigenvalue weighted by Gasteiger charge is -2.24. The van der Waals surface area contributed by atoms with E-state index in [2.05, 4.69) is 42.5 Å². The summed E-state index contributed by atoms with van der Waals surface area (Å²) in [7, 11) is 0. The molecule has 0 saturated heterocycles. The number of phenols is 2. The monoisotopic (exact) mass is 490 g/mol. The summed E-state index contributed by atoms with van der Waals surface area (Å²) in [6, 6.07) is 48.2. The number of hydrogen-bond acceptors (Lipinski definition) is 2. The average molecular weight is 491 g/mol. The molecule has 38 heavy (non-hydrogen) atoms. The highest BCUT2D eigenvalue weighted by Gasteiger charge is 2.28. The van der Waals surface area contributed by atoms with Gasteiger partial charge in [0.2, 0.25) is 0 Å². The Hall–Kier alpha value is -5.08. The molecule has 0 aromatic heterocycles. The van der Waals surface area contributed by atoms with E-state index in [1.807, 2.05) is 103 Å². The second-order valence-electron chi connectivity index (χ2n) is 9.21. The summed E-state index contributed by atoms with van der Waals surface area (Å²) < 4.78 is 0. The summed E-state index contributed by atoms with van der Waals surface area (Å²) in [5.41, 5.74) is 8.56. The van der Waals surface area contributed by atoms with Gasteiger partial charge in [-0.3, -0.25) is 0 Å². The zero-order chi connectivity index (χ0) is 25.9.